The molecule has 0 aromatic carbocycles. The highest BCUT2D eigenvalue weighted by Crippen LogP contribution is 2.33. The van der Waals surface area contributed by atoms with Gasteiger partial charge in [-0.15, -0.1) is 0 Å². The molecule has 0 aromatic heterocycles. The van der Waals surface area contributed by atoms with Crippen LogP contribution in [0.15, 0.2) is 5.16 Å². The Bertz CT molecular complexity index is 477. The molecule has 0 amide bonds. The van der Waals surface area contributed by atoms with Crippen LogP contribution in [0, 0.1) is 5.41 Å². The molecule has 1 unspecified atom stereocenters. The van der Waals surface area contributed by atoms with Gasteiger partial charge in [0.15, 0.2) is 0 Å². The number of aliphatic carboxylic acids is 1. The van der Waals surface area contributed by atoms with Crippen LogP contribution >= 0.6 is 0 Å². The summed E-state index contributed by atoms with van der Waals surface area (Å²) in [6, 6.07) is 0. The average Bonchev–Trinajstić information content (AvgIpc) is 2.81. The summed E-state index contributed by atoms with van der Waals surface area (Å²) in [6.45, 7) is 6.83. The van der Waals surface area contributed by atoms with Crippen molar-refractivity contribution in [3.8, 4) is 0 Å². The van der Waals surface area contributed by atoms with Crippen molar-refractivity contribution in [2.75, 3.05) is 13.2 Å². The molecule has 118 valence electrons. The molecule has 0 radical (unpaired) electrons. The number of rotatable bonds is 4. The molecule has 0 aliphatic carbocycles. The molecule has 8 heteroatoms. The number of carbonyl (C=O) groups excluding carboxylic acids is 2. The van der Waals surface area contributed by atoms with Crippen LogP contribution in [0.25, 0.3) is 0 Å². The molecule has 0 aromatic rings. The van der Waals surface area contributed by atoms with Crippen LogP contribution in [0.3, 0.4) is 0 Å². The van der Waals surface area contributed by atoms with Gasteiger partial charge in [0.2, 0.25) is 0 Å². The summed E-state index contributed by atoms with van der Waals surface area (Å²) in [7, 11) is 0. The molecule has 1 aliphatic heterocycles. The van der Waals surface area contributed by atoms with Crippen LogP contribution in [0.1, 0.15) is 34.1 Å². The van der Waals surface area contributed by atoms with Crippen molar-refractivity contribution in [1.82, 2.24) is 0 Å². The third kappa shape index (κ3) is 3.93. The highest BCUT2D eigenvalue weighted by Gasteiger charge is 2.51. The lowest BCUT2D eigenvalue weighted by Gasteiger charge is -2.24. The number of nitrogens with zero attached hydrogens (tertiary/aromatic N) is 1. The second-order valence-corrected chi connectivity index (χ2v) is 5.65. The van der Waals surface area contributed by atoms with Gasteiger partial charge in [0.25, 0.3) is 5.60 Å². The smallest absolute Gasteiger partial charge is 0.417 e. The Morgan fingerprint density at radius 1 is 1.33 bits per heavy atom. The summed E-state index contributed by atoms with van der Waals surface area (Å²) in [5.74, 6) is -3.96. The quantitative estimate of drug-likeness (QED) is 0.602. The monoisotopic (exact) mass is 301 g/mol. The third-order valence-corrected chi connectivity index (χ3v) is 2.91. The van der Waals surface area contributed by atoms with E-state index in [2.05, 4.69) is 9.89 Å². The predicted molar refractivity (Wildman–Crippen MR) is 70.6 cm³/mol. The lowest BCUT2D eigenvalue weighted by molar-refractivity contribution is -0.183. The van der Waals surface area contributed by atoms with Crippen molar-refractivity contribution in [2.24, 2.45) is 10.6 Å². The van der Waals surface area contributed by atoms with Gasteiger partial charge < -0.3 is 19.4 Å². The van der Waals surface area contributed by atoms with E-state index in [-0.39, 0.29) is 18.4 Å². The maximum atomic E-state index is 12.1. The average molecular weight is 301 g/mol. The first kappa shape index (κ1) is 16.9. The Morgan fingerprint density at radius 2 is 1.95 bits per heavy atom. The van der Waals surface area contributed by atoms with Gasteiger partial charge in [-0.3, -0.25) is 0 Å². The zero-order valence-corrected chi connectivity index (χ0v) is 12.5. The van der Waals surface area contributed by atoms with Crippen LogP contribution in [0.5, 0.6) is 0 Å². The molecule has 0 saturated carbocycles. The number of hydrogen-bond donors (Lipinski definition) is 1. The van der Waals surface area contributed by atoms with E-state index in [0.29, 0.717) is 5.71 Å². The molecule has 1 rings (SSSR count). The summed E-state index contributed by atoms with van der Waals surface area (Å²) in [6.07, 6.45) is 0.0717. The minimum Gasteiger partial charge on any atom is -0.473 e. The van der Waals surface area contributed by atoms with E-state index in [1.54, 1.807) is 6.92 Å². The zero-order chi connectivity index (χ0) is 16.3. The fraction of sp³-hybridized carbons (Fsp3) is 0.692. The SMILES string of the molecule is CCOC(=O)C1(COC(=O)C(=O)O)CC(C(C)(C)C)=NO1. The second kappa shape index (κ2) is 6.11. The topological polar surface area (TPSA) is 111 Å². The highest BCUT2D eigenvalue weighted by molar-refractivity contribution is 6.28. The van der Waals surface area contributed by atoms with Crippen LogP contribution in [-0.2, 0) is 28.7 Å². The number of hydrogen-bond acceptors (Lipinski definition) is 7. The van der Waals surface area contributed by atoms with Gasteiger partial charge in [0, 0.05) is 11.8 Å². The first-order valence-electron chi connectivity index (χ1n) is 6.45. The first-order chi connectivity index (χ1) is 9.62. The normalized spacial score (nSPS) is 21.2. The molecule has 0 bridgehead atoms. The number of esters is 2. The molecule has 0 saturated heterocycles. The van der Waals surface area contributed by atoms with Crippen molar-refractivity contribution in [1.29, 1.82) is 0 Å². The van der Waals surface area contributed by atoms with Gasteiger partial charge >= 0.3 is 17.9 Å². The first-order valence-corrected chi connectivity index (χ1v) is 6.45. The van der Waals surface area contributed by atoms with Crippen molar-refractivity contribution in [3.05, 3.63) is 0 Å². The van der Waals surface area contributed by atoms with Gasteiger partial charge in [0.05, 0.1) is 12.3 Å². The maximum absolute atomic E-state index is 12.1. The number of carboxylic acid groups (broad SMARTS) is 1. The van der Waals surface area contributed by atoms with E-state index >= 15 is 0 Å². The molecular formula is C13H19NO7. The fourth-order valence-electron chi connectivity index (χ4n) is 1.63. The molecule has 1 heterocycles. The fourth-order valence-corrected chi connectivity index (χ4v) is 1.63. The van der Waals surface area contributed by atoms with Crippen molar-refractivity contribution in [2.45, 2.75) is 39.7 Å². The Balaban J connectivity index is 2.88. The summed E-state index contributed by atoms with van der Waals surface area (Å²) in [5.41, 5.74) is -1.36. The second-order valence-electron chi connectivity index (χ2n) is 5.65. The maximum Gasteiger partial charge on any atom is 0.417 e. The molecular weight excluding hydrogens is 282 g/mol. The van der Waals surface area contributed by atoms with Gasteiger partial charge in [-0.2, -0.15) is 0 Å². The Hall–Kier alpha value is -2.12. The lowest BCUT2D eigenvalue weighted by atomic mass is 9.83. The van der Waals surface area contributed by atoms with Crippen molar-refractivity contribution >= 4 is 23.6 Å². The standard InChI is InChI=1S/C13H19NO7/c1-5-19-11(18)13(7-20-10(17)9(15)16)6-8(14-21-13)12(2,3)4/h5-7H2,1-4H3,(H,15,16). The van der Waals surface area contributed by atoms with Crippen LogP contribution in [-0.4, -0.2) is 47.5 Å². The molecule has 1 atom stereocenters. The van der Waals surface area contributed by atoms with E-state index < -0.39 is 30.1 Å². The van der Waals surface area contributed by atoms with Gasteiger partial charge in [0.1, 0.15) is 6.61 Å². The molecule has 1 aliphatic rings. The van der Waals surface area contributed by atoms with Crippen LogP contribution in [0.2, 0.25) is 0 Å². The summed E-state index contributed by atoms with van der Waals surface area (Å²) >= 11 is 0. The number of ether oxygens (including phenoxy) is 2. The van der Waals surface area contributed by atoms with E-state index in [1.165, 1.54) is 0 Å². The lowest BCUT2D eigenvalue weighted by Crippen LogP contribution is -2.46. The largest absolute Gasteiger partial charge is 0.473 e. The molecule has 0 spiro atoms. The predicted octanol–water partition coefficient (Wildman–Crippen LogP) is 0.738. The molecule has 0 fully saturated rings. The van der Waals surface area contributed by atoms with Crippen LogP contribution < -0.4 is 0 Å². The van der Waals surface area contributed by atoms with E-state index in [9.17, 15) is 14.4 Å². The number of carboxylic acids is 1. The van der Waals surface area contributed by atoms with Gasteiger partial charge in [-0.1, -0.05) is 25.9 Å². The Kier molecular flexibility index (Phi) is 4.93. The van der Waals surface area contributed by atoms with Crippen LogP contribution in [0.4, 0.5) is 0 Å². The third-order valence-electron chi connectivity index (χ3n) is 2.91. The van der Waals surface area contributed by atoms with Gasteiger partial charge in [-0.25, -0.2) is 14.4 Å². The highest BCUT2D eigenvalue weighted by atomic mass is 16.7. The Labute approximate surface area is 122 Å². The van der Waals surface area contributed by atoms with E-state index in [4.69, 9.17) is 14.7 Å². The van der Waals surface area contributed by atoms with Crippen molar-refractivity contribution in [3.63, 3.8) is 0 Å². The number of carbonyl (C=O) groups is 3. The number of oxime groups is 1. The summed E-state index contributed by atoms with van der Waals surface area (Å²) in [4.78, 5) is 38.7. The minimum atomic E-state index is -1.75. The van der Waals surface area contributed by atoms with Crippen molar-refractivity contribution < 1.29 is 33.8 Å². The summed E-state index contributed by atoms with van der Waals surface area (Å²) < 4.78 is 9.49. The zero-order valence-electron chi connectivity index (χ0n) is 12.5. The minimum absolute atomic E-state index is 0.0717. The van der Waals surface area contributed by atoms with Gasteiger partial charge in [-0.05, 0) is 6.92 Å². The summed E-state index contributed by atoms with van der Waals surface area (Å²) in [5, 5.41) is 12.4. The van der Waals surface area contributed by atoms with E-state index in [1.807, 2.05) is 20.8 Å². The molecule has 1 N–H and O–H groups in total. The Morgan fingerprint density at radius 3 is 2.38 bits per heavy atom. The molecule has 8 nitrogen and oxygen atoms in total. The van der Waals surface area contributed by atoms with E-state index in [0.717, 1.165) is 0 Å². The molecule has 21 heavy (non-hydrogen) atoms.